The van der Waals surface area contributed by atoms with Crippen LogP contribution >= 0.6 is 0 Å². The van der Waals surface area contributed by atoms with E-state index >= 15 is 0 Å². The van der Waals surface area contributed by atoms with Crippen LogP contribution in [0, 0.1) is 19.8 Å². The largest absolute Gasteiger partial charge is 0.379 e. The van der Waals surface area contributed by atoms with Gasteiger partial charge in [-0.3, -0.25) is 9.58 Å². The van der Waals surface area contributed by atoms with Crippen LogP contribution < -0.4 is 10.6 Å². The Kier molecular flexibility index (Phi) is 8.49. The van der Waals surface area contributed by atoms with Crippen molar-refractivity contribution >= 4 is 11.7 Å². The highest BCUT2D eigenvalue weighted by atomic mass is 16.5. The lowest BCUT2D eigenvalue weighted by molar-refractivity contribution is 0.00247. The average molecular weight is 428 g/mol. The van der Waals surface area contributed by atoms with Gasteiger partial charge < -0.3 is 15.4 Å². The number of ether oxygens (including phenoxy) is 1. The fourth-order valence-electron chi connectivity index (χ4n) is 4.46. The lowest BCUT2D eigenvalue weighted by Crippen LogP contribution is -2.52. The molecule has 1 fully saturated rings. The van der Waals surface area contributed by atoms with E-state index in [1.807, 2.05) is 29.8 Å². The number of rotatable bonds is 9. The maximum atomic E-state index is 12.6. The van der Waals surface area contributed by atoms with E-state index < -0.39 is 0 Å². The fourth-order valence-corrected chi connectivity index (χ4v) is 4.46. The number of carbonyl (C=O) groups is 1. The van der Waals surface area contributed by atoms with Crippen molar-refractivity contribution < 1.29 is 9.53 Å². The molecule has 0 bridgehead atoms. The van der Waals surface area contributed by atoms with Crippen molar-refractivity contribution in [3.05, 3.63) is 47.3 Å². The van der Waals surface area contributed by atoms with Gasteiger partial charge >= 0.3 is 6.03 Å². The van der Waals surface area contributed by atoms with E-state index in [1.165, 1.54) is 0 Å². The molecule has 1 aliphatic rings. The van der Waals surface area contributed by atoms with Crippen LogP contribution in [0.25, 0.3) is 0 Å². The molecule has 1 unspecified atom stereocenters. The molecule has 7 nitrogen and oxygen atoms in total. The molecule has 3 rings (SSSR count). The molecule has 7 heteroatoms. The summed E-state index contributed by atoms with van der Waals surface area (Å²) in [5.74, 6) is 0.558. The van der Waals surface area contributed by atoms with Gasteiger partial charge in [-0.05, 0) is 43.5 Å². The minimum absolute atomic E-state index is 0.160. The number of urea groups is 1. The van der Waals surface area contributed by atoms with Gasteiger partial charge in [-0.2, -0.15) is 5.10 Å². The molecule has 2 heterocycles. The first-order valence-corrected chi connectivity index (χ1v) is 11.5. The van der Waals surface area contributed by atoms with Gasteiger partial charge in [0.15, 0.2) is 0 Å². The van der Waals surface area contributed by atoms with Crippen molar-refractivity contribution in [1.29, 1.82) is 0 Å². The summed E-state index contributed by atoms with van der Waals surface area (Å²) in [5.41, 5.74) is 4.04. The standard InChI is InChI=1S/C24H37N5O2/c1-5-21(6-2)23(28-10-12-31-13-11-28)16-25-24(30)26-22-9-7-8-20(15-22)17-29-19(4)14-18(3)27-29/h7-9,14-15,21,23H,5-6,10-13,16-17H2,1-4H3,(H2,25,26,30). The zero-order valence-corrected chi connectivity index (χ0v) is 19.4. The Hall–Kier alpha value is -2.38. The van der Waals surface area contributed by atoms with Crippen molar-refractivity contribution in [2.75, 3.05) is 38.2 Å². The summed E-state index contributed by atoms with van der Waals surface area (Å²) in [6.07, 6.45) is 2.21. The van der Waals surface area contributed by atoms with Gasteiger partial charge in [0, 0.05) is 37.1 Å². The number of benzene rings is 1. The fraction of sp³-hybridized carbons (Fsp3) is 0.583. The van der Waals surface area contributed by atoms with Crippen molar-refractivity contribution in [3.8, 4) is 0 Å². The first-order chi connectivity index (χ1) is 15.0. The van der Waals surface area contributed by atoms with Crippen molar-refractivity contribution in [2.24, 2.45) is 5.92 Å². The molecule has 1 atom stereocenters. The van der Waals surface area contributed by atoms with Crippen molar-refractivity contribution in [3.63, 3.8) is 0 Å². The van der Waals surface area contributed by atoms with Crippen LogP contribution in [0.4, 0.5) is 10.5 Å². The Morgan fingerprint density at radius 3 is 2.55 bits per heavy atom. The SMILES string of the molecule is CCC(CC)C(CNC(=O)Nc1cccc(Cn2nc(C)cc2C)c1)N1CCOCC1. The van der Waals surface area contributed by atoms with Crippen molar-refractivity contribution in [1.82, 2.24) is 20.0 Å². The Morgan fingerprint density at radius 2 is 1.90 bits per heavy atom. The highest BCUT2D eigenvalue weighted by Crippen LogP contribution is 2.20. The monoisotopic (exact) mass is 427 g/mol. The van der Waals surface area contributed by atoms with Gasteiger partial charge in [0.05, 0.1) is 25.5 Å². The first-order valence-electron chi connectivity index (χ1n) is 11.5. The molecule has 2 N–H and O–H groups in total. The number of amides is 2. The van der Waals surface area contributed by atoms with E-state index in [4.69, 9.17) is 4.74 Å². The maximum absolute atomic E-state index is 12.6. The molecule has 2 amide bonds. The smallest absolute Gasteiger partial charge is 0.319 e. The van der Waals surface area contributed by atoms with E-state index in [0.717, 1.165) is 61.8 Å². The molecule has 1 aromatic carbocycles. The number of hydrogen-bond acceptors (Lipinski definition) is 4. The number of nitrogens with one attached hydrogen (secondary N) is 2. The predicted molar refractivity (Wildman–Crippen MR) is 125 cm³/mol. The van der Waals surface area contributed by atoms with Crippen LogP contribution in [0.1, 0.15) is 43.6 Å². The summed E-state index contributed by atoms with van der Waals surface area (Å²) in [6, 6.07) is 10.2. The molecule has 0 radical (unpaired) electrons. The summed E-state index contributed by atoms with van der Waals surface area (Å²) in [7, 11) is 0. The molecule has 0 saturated carbocycles. The topological polar surface area (TPSA) is 71.4 Å². The van der Waals surface area contributed by atoms with E-state index in [1.54, 1.807) is 0 Å². The zero-order valence-electron chi connectivity index (χ0n) is 19.4. The Morgan fingerprint density at radius 1 is 1.16 bits per heavy atom. The highest BCUT2D eigenvalue weighted by molar-refractivity contribution is 5.89. The summed E-state index contributed by atoms with van der Waals surface area (Å²) >= 11 is 0. The molecular weight excluding hydrogens is 390 g/mol. The summed E-state index contributed by atoms with van der Waals surface area (Å²) in [6.45, 7) is 13.2. The van der Waals surface area contributed by atoms with Gasteiger partial charge in [-0.15, -0.1) is 0 Å². The molecule has 0 spiro atoms. The summed E-state index contributed by atoms with van der Waals surface area (Å²) < 4.78 is 7.50. The minimum atomic E-state index is -0.160. The Balaban J connectivity index is 1.58. The molecule has 1 aliphatic heterocycles. The molecule has 2 aromatic rings. The zero-order chi connectivity index (χ0) is 22.2. The van der Waals surface area contributed by atoms with E-state index in [9.17, 15) is 4.79 Å². The summed E-state index contributed by atoms with van der Waals surface area (Å²) in [4.78, 5) is 15.1. The van der Waals surface area contributed by atoms with E-state index in [2.05, 4.69) is 53.5 Å². The quantitative estimate of drug-likeness (QED) is 0.638. The van der Waals surface area contributed by atoms with Gasteiger partial charge in [0.25, 0.3) is 0 Å². The van der Waals surface area contributed by atoms with Crippen LogP contribution in [0.2, 0.25) is 0 Å². The second-order valence-electron chi connectivity index (χ2n) is 8.41. The maximum Gasteiger partial charge on any atom is 0.319 e. The first kappa shape index (κ1) is 23.3. The molecule has 1 saturated heterocycles. The average Bonchev–Trinajstić information content (AvgIpc) is 3.08. The number of anilines is 1. The molecule has 0 aliphatic carbocycles. The summed E-state index contributed by atoms with van der Waals surface area (Å²) in [5, 5.41) is 10.6. The minimum Gasteiger partial charge on any atom is -0.379 e. The number of aryl methyl sites for hydroxylation is 2. The van der Waals surface area contributed by atoms with E-state index in [-0.39, 0.29) is 6.03 Å². The van der Waals surface area contributed by atoms with Gasteiger partial charge in [0.2, 0.25) is 0 Å². The third-order valence-corrected chi connectivity index (χ3v) is 6.20. The highest BCUT2D eigenvalue weighted by Gasteiger charge is 2.27. The number of hydrogen-bond donors (Lipinski definition) is 2. The van der Waals surface area contributed by atoms with Gasteiger partial charge in [-0.25, -0.2) is 4.79 Å². The van der Waals surface area contributed by atoms with Gasteiger partial charge in [-0.1, -0.05) is 38.8 Å². The number of morpholine rings is 1. The molecule has 1 aromatic heterocycles. The number of nitrogens with zero attached hydrogens (tertiary/aromatic N) is 3. The lowest BCUT2D eigenvalue weighted by Gasteiger charge is -2.38. The lowest BCUT2D eigenvalue weighted by atomic mass is 9.92. The second-order valence-corrected chi connectivity index (χ2v) is 8.41. The number of carbonyl (C=O) groups excluding carboxylic acids is 1. The van der Waals surface area contributed by atoms with E-state index in [0.29, 0.717) is 25.0 Å². The molecular formula is C24H37N5O2. The molecule has 31 heavy (non-hydrogen) atoms. The van der Waals surface area contributed by atoms with Crippen molar-refractivity contribution in [2.45, 2.75) is 53.1 Å². The predicted octanol–water partition coefficient (Wildman–Crippen LogP) is 3.81. The Bertz CT molecular complexity index is 840. The third-order valence-electron chi connectivity index (χ3n) is 6.20. The third kappa shape index (κ3) is 6.55. The van der Waals surface area contributed by atoms with Crippen LogP contribution in [0.3, 0.4) is 0 Å². The number of aromatic nitrogens is 2. The molecule has 170 valence electrons. The normalized spacial score (nSPS) is 15.8. The van der Waals surface area contributed by atoms with Crippen LogP contribution in [-0.4, -0.2) is 59.6 Å². The van der Waals surface area contributed by atoms with Crippen LogP contribution in [0.15, 0.2) is 30.3 Å². The van der Waals surface area contributed by atoms with Crippen LogP contribution in [-0.2, 0) is 11.3 Å². The van der Waals surface area contributed by atoms with Gasteiger partial charge in [0.1, 0.15) is 0 Å². The Labute approximate surface area is 186 Å². The second kappa shape index (κ2) is 11.3. The van der Waals surface area contributed by atoms with Crippen LogP contribution in [0.5, 0.6) is 0 Å².